The van der Waals surface area contributed by atoms with Gasteiger partial charge >= 0.3 is 11.6 Å². The lowest BCUT2D eigenvalue weighted by Gasteiger charge is -2.09. The molecule has 128 valence electrons. The first kappa shape index (κ1) is 16.6. The van der Waals surface area contributed by atoms with Crippen molar-refractivity contribution in [1.29, 1.82) is 0 Å². The van der Waals surface area contributed by atoms with Gasteiger partial charge in [0.2, 0.25) is 0 Å². The summed E-state index contributed by atoms with van der Waals surface area (Å²) in [7, 11) is 1.53. The molecular formula is C19H17NO5. The van der Waals surface area contributed by atoms with E-state index in [9.17, 15) is 9.59 Å². The summed E-state index contributed by atoms with van der Waals surface area (Å²) in [6.45, 7) is 1.80. The quantitative estimate of drug-likeness (QED) is 0.446. The number of anilines is 1. The molecule has 6 heteroatoms. The number of esters is 1. The second-order valence-corrected chi connectivity index (χ2v) is 5.60. The summed E-state index contributed by atoms with van der Waals surface area (Å²) >= 11 is 0. The number of hydrogen-bond donors (Lipinski definition) is 1. The molecule has 3 aromatic rings. The van der Waals surface area contributed by atoms with Gasteiger partial charge in [-0.3, -0.25) is 0 Å². The van der Waals surface area contributed by atoms with Crippen molar-refractivity contribution in [3.63, 3.8) is 0 Å². The Kier molecular flexibility index (Phi) is 4.43. The van der Waals surface area contributed by atoms with E-state index in [0.29, 0.717) is 33.5 Å². The second-order valence-electron chi connectivity index (χ2n) is 5.60. The van der Waals surface area contributed by atoms with Gasteiger partial charge in [0.25, 0.3) is 0 Å². The van der Waals surface area contributed by atoms with Crippen LogP contribution in [0.25, 0.3) is 11.0 Å². The maximum absolute atomic E-state index is 12.2. The Balaban J connectivity index is 1.86. The van der Waals surface area contributed by atoms with E-state index in [4.69, 9.17) is 19.6 Å². The zero-order valence-electron chi connectivity index (χ0n) is 13.9. The van der Waals surface area contributed by atoms with Gasteiger partial charge in [0, 0.05) is 28.8 Å². The summed E-state index contributed by atoms with van der Waals surface area (Å²) in [5, 5.41) is 0.677. The average molecular weight is 339 g/mol. The van der Waals surface area contributed by atoms with Crippen molar-refractivity contribution < 1.29 is 18.7 Å². The Bertz CT molecular complexity index is 1010. The van der Waals surface area contributed by atoms with Gasteiger partial charge in [0.05, 0.1) is 12.7 Å². The number of rotatable bonds is 4. The first-order chi connectivity index (χ1) is 12.0. The van der Waals surface area contributed by atoms with Crippen molar-refractivity contribution >= 4 is 22.6 Å². The highest BCUT2D eigenvalue weighted by atomic mass is 16.5. The molecule has 25 heavy (non-hydrogen) atoms. The summed E-state index contributed by atoms with van der Waals surface area (Å²) in [6, 6.07) is 11.4. The normalized spacial score (nSPS) is 10.6. The van der Waals surface area contributed by atoms with Gasteiger partial charge in [0.1, 0.15) is 17.9 Å². The van der Waals surface area contributed by atoms with E-state index in [-0.39, 0.29) is 6.61 Å². The Morgan fingerprint density at radius 2 is 1.96 bits per heavy atom. The topological polar surface area (TPSA) is 91.8 Å². The van der Waals surface area contributed by atoms with Crippen LogP contribution in [0.1, 0.15) is 21.5 Å². The minimum Gasteiger partial charge on any atom is -0.497 e. The minimum atomic E-state index is -0.522. The summed E-state index contributed by atoms with van der Waals surface area (Å²) in [5.41, 5.74) is 7.99. The van der Waals surface area contributed by atoms with Crippen LogP contribution in [-0.2, 0) is 11.3 Å². The molecule has 2 N–H and O–H groups in total. The van der Waals surface area contributed by atoms with Crippen LogP contribution in [-0.4, -0.2) is 13.1 Å². The van der Waals surface area contributed by atoms with Gasteiger partial charge < -0.3 is 19.6 Å². The molecule has 0 unspecified atom stereocenters. The van der Waals surface area contributed by atoms with Gasteiger partial charge in [-0.1, -0.05) is 6.07 Å². The van der Waals surface area contributed by atoms with Gasteiger partial charge in [0.15, 0.2) is 0 Å². The molecule has 3 rings (SSSR count). The van der Waals surface area contributed by atoms with E-state index in [1.165, 1.54) is 13.2 Å². The fourth-order valence-electron chi connectivity index (χ4n) is 2.45. The molecule has 0 aliphatic carbocycles. The summed E-state index contributed by atoms with van der Waals surface area (Å²) in [4.78, 5) is 23.9. The predicted octanol–water partition coefficient (Wildman–Crippen LogP) is 3.05. The third kappa shape index (κ3) is 3.47. The largest absolute Gasteiger partial charge is 0.497 e. The van der Waals surface area contributed by atoms with Crippen LogP contribution in [0.4, 0.5) is 5.69 Å². The van der Waals surface area contributed by atoms with E-state index >= 15 is 0 Å². The molecule has 6 nitrogen and oxygen atoms in total. The van der Waals surface area contributed by atoms with Crippen LogP contribution in [0.5, 0.6) is 5.75 Å². The zero-order valence-corrected chi connectivity index (χ0v) is 13.9. The Morgan fingerprint density at radius 3 is 2.68 bits per heavy atom. The Morgan fingerprint density at radius 1 is 1.16 bits per heavy atom. The number of nitrogen functional groups attached to an aromatic ring is 1. The lowest BCUT2D eigenvalue weighted by Crippen LogP contribution is -2.08. The average Bonchev–Trinajstić information content (AvgIpc) is 2.60. The number of aryl methyl sites for hydroxylation is 1. The van der Waals surface area contributed by atoms with E-state index in [2.05, 4.69) is 0 Å². The molecule has 0 aliphatic rings. The summed E-state index contributed by atoms with van der Waals surface area (Å²) < 4.78 is 15.6. The minimum absolute atomic E-state index is 0.0545. The first-order valence-corrected chi connectivity index (χ1v) is 7.62. The maximum atomic E-state index is 12.2. The molecular weight excluding hydrogens is 322 g/mol. The third-order valence-electron chi connectivity index (χ3n) is 3.91. The van der Waals surface area contributed by atoms with Gasteiger partial charge in [-0.2, -0.15) is 0 Å². The van der Waals surface area contributed by atoms with E-state index in [0.717, 1.165) is 5.56 Å². The van der Waals surface area contributed by atoms with Crippen LogP contribution in [0, 0.1) is 6.92 Å². The van der Waals surface area contributed by atoms with Crippen LogP contribution < -0.4 is 16.1 Å². The van der Waals surface area contributed by atoms with Gasteiger partial charge in [-0.15, -0.1) is 0 Å². The number of fused-ring (bicyclic) bond motifs is 1. The summed E-state index contributed by atoms with van der Waals surface area (Å²) in [5.74, 6) is 0.0570. The lowest BCUT2D eigenvalue weighted by molar-refractivity contribution is 0.0474. The molecule has 0 atom stereocenters. The third-order valence-corrected chi connectivity index (χ3v) is 3.91. The summed E-state index contributed by atoms with van der Waals surface area (Å²) in [6.07, 6.45) is 0. The lowest BCUT2D eigenvalue weighted by atomic mass is 10.1. The van der Waals surface area contributed by atoms with E-state index < -0.39 is 11.6 Å². The van der Waals surface area contributed by atoms with Crippen molar-refractivity contribution in [3.8, 4) is 5.75 Å². The molecule has 2 aromatic carbocycles. The molecule has 0 spiro atoms. The van der Waals surface area contributed by atoms with Gasteiger partial charge in [-0.05, 0) is 36.8 Å². The van der Waals surface area contributed by atoms with Crippen molar-refractivity contribution in [1.82, 2.24) is 0 Å². The van der Waals surface area contributed by atoms with E-state index in [1.807, 2.05) is 6.92 Å². The first-order valence-electron chi connectivity index (χ1n) is 7.62. The van der Waals surface area contributed by atoms with Crippen LogP contribution in [0.15, 0.2) is 51.7 Å². The zero-order chi connectivity index (χ0) is 18.0. The molecule has 0 fully saturated rings. The predicted molar refractivity (Wildman–Crippen MR) is 93.7 cm³/mol. The van der Waals surface area contributed by atoms with Crippen molar-refractivity contribution in [2.24, 2.45) is 0 Å². The maximum Gasteiger partial charge on any atom is 0.338 e. The van der Waals surface area contributed by atoms with E-state index in [1.54, 1.807) is 36.4 Å². The number of benzene rings is 2. The standard InChI is InChI=1S/C19H17NO5/c1-11-3-4-12(7-16(11)20)19(22)24-10-13-8-18(21)25-17-9-14(23-2)5-6-15(13)17/h3-9H,10,20H2,1-2H3. The van der Waals surface area contributed by atoms with Crippen LogP contribution in [0.3, 0.4) is 0 Å². The smallest absolute Gasteiger partial charge is 0.338 e. The molecule has 1 heterocycles. The van der Waals surface area contributed by atoms with Crippen molar-refractivity contribution in [2.45, 2.75) is 13.5 Å². The SMILES string of the molecule is COc1ccc2c(COC(=O)c3ccc(C)c(N)c3)cc(=O)oc2c1. The number of carbonyl (C=O) groups is 1. The molecule has 0 saturated heterocycles. The number of ether oxygens (including phenoxy) is 2. The highest BCUT2D eigenvalue weighted by Gasteiger charge is 2.12. The molecule has 0 aliphatic heterocycles. The number of carbonyl (C=O) groups excluding carboxylic acids is 1. The van der Waals surface area contributed by atoms with Crippen molar-refractivity contribution in [3.05, 3.63) is 69.6 Å². The Hall–Kier alpha value is -3.28. The second kappa shape index (κ2) is 6.68. The molecule has 0 bridgehead atoms. The van der Waals surface area contributed by atoms with Crippen molar-refractivity contribution in [2.75, 3.05) is 12.8 Å². The molecule has 0 saturated carbocycles. The molecule has 0 radical (unpaired) electrons. The fourth-order valence-corrected chi connectivity index (χ4v) is 2.45. The Labute approximate surface area is 143 Å². The van der Waals surface area contributed by atoms with Crippen LogP contribution in [0.2, 0.25) is 0 Å². The molecule has 0 amide bonds. The number of hydrogen-bond acceptors (Lipinski definition) is 6. The van der Waals surface area contributed by atoms with Gasteiger partial charge in [-0.25, -0.2) is 9.59 Å². The highest BCUT2D eigenvalue weighted by Crippen LogP contribution is 2.23. The molecule has 1 aromatic heterocycles. The fraction of sp³-hybridized carbons (Fsp3) is 0.158. The number of methoxy groups -OCH3 is 1. The number of nitrogens with two attached hydrogens (primary N) is 1. The van der Waals surface area contributed by atoms with Crippen LogP contribution >= 0.6 is 0 Å². The monoisotopic (exact) mass is 339 g/mol. The highest BCUT2D eigenvalue weighted by molar-refractivity contribution is 5.91.